The van der Waals surface area contributed by atoms with Crippen molar-refractivity contribution < 1.29 is 14.1 Å². The minimum absolute atomic E-state index is 0.0498. The molecule has 0 amide bonds. The summed E-state index contributed by atoms with van der Waals surface area (Å²) < 4.78 is 11.0. The summed E-state index contributed by atoms with van der Waals surface area (Å²) >= 11 is 1.61. The number of benzene rings is 2. The molecule has 0 fully saturated rings. The van der Waals surface area contributed by atoms with Crippen LogP contribution < -0.4 is 4.74 Å². The van der Waals surface area contributed by atoms with Gasteiger partial charge in [0.15, 0.2) is 11.5 Å². The van der Waals surface area contributed by atoms with Crippen molar-refractivity contribution in [2.75, 3.05) is 0 Å². The van der Waals surface area contributed by atoms with Crippen LogP contribution >= 0.6 is 11.3 Å². The van der Waals surface area contributed by atoms with Gasteiger partial charge in [-0.05, 0) is 47.4 Å². The van der Waals surface area contributed by atoms with Gasteiger partial charge >= 0.3 is 0 Å². The zero-order valence-electron chi connectivity index (χ0n) is 14.9. The molecule has 0 unspecified atom stereocenters. The molecule has 2 heterocycles. The molecule has 0 aliphatic heterocycles. The van der Waals surface area contributed by atoms with Crippen molar-refractivity contribution in [2.45, 2.75) is 6.61 Å². The van der Waals surface area contributed by atoms with Crippen LogP contribution in [0.4, 0.5) is 0 Å². The minimum atomic E-state index is -0.0498. The van der Waals surface area contributed by atoms with Crippen LogP contribution in [0, 0.1) is 0 Å². The van der Waals surface area contributed by atoms with Crippen molar-refractivity contribution in [3.05, 3.63) is 101 Å². The number of aromatic nitrogens is 1. The number of carbonyl (C=O) groups excluding carboxylic acids is 1. The first kappa shape index (κ1) is 17.9. The fourth-order valence-electron chi connectivity index (χ4n) is 2.62. The molecule has 0 radical (unpaired) electrons. The van der Waals surface area contributed by atoms with E-state index in [1.54, 1.807) is 41.7 Å². The Hall–Kier alpha value is -3.44. The second kappa shape index (κ2) is 8.50. The molecule has 4 nitrogen and oxygen atoms in total. The fraction of sp³-hybridized carbons (Fsp3) is 0.0435. The van der Waals surface area contributed by atoms with Crippen LogP contribution in [0.5, 0.6) is 5.75 Å². The third-order valence-corrected chi connectivity index (χ3v) is 4.97. The second-order valence-electron chi connectivity index (χ2n) is 6.08. The van der Waals surface area contributed by atoms with Crippen molar-refractivity contribution in [1.82, 2.24) is 5.16 Å². The van der Waals surface area contributed by atoms with Gasteiger partial charge in [0, 0.05) is 11.6 Å². The van der Waals surface area contributed by atoms with E-state index in [1.165, 1.54) is 0 Å². The topological polar surface area (TPSA) is 52.3 Å². The number of hydrogen-bond donors (Lipinski definition) is 0. The van der Waals surface area contributed by atoms with Gasteiger partial charge in [-0.15, -0.1) is 11.3 Å². The zero-order chi connectivity index (χ0) is 19.2. The molecule has 2 aromatic carbocycles. The van der Waals surface area contributed by atoms with Crippen LogP contribution in [0.15, 0.2) is 88.8 Å². The van der Waals surface area contributed by atoms with Gasteiger partial charge in [-0.25, -0.2) is 0 Å². The normalized spacial score (nSPS) is 11.0. The molecule has 2 aromatic heterocycles. The number of rotatable bonds is 7. The molecule has 0 saturated carbocycles. The van der Waals surface area contributed by atoms with E-state index in [0.717, 1.165) is 16.1 Å². The van der Waals surface area contributed by atoms with E-state index in [9.17, 15) is 4.79 Å². The van der Waals surface area contributed by atoms with E-state index in [0.29, 0.717) is 17.1 Å². The number of nitrogens with zero attached hydrogens (tertiary/aromatic N) is 1. The third kappa shape index (κ3) is 4.45. The molecular weight excluding hydrogens is 370 g/mol. The van der Waals surface area contributed by atoms with Gasteiger partial charge in [-0.3, -0.25) is 4.79 Å². The van der Waals surface area contributed by atoms with Gasteiger partial charge in [-0.2, -0.15) is 0 Å². The van der Waals surface area contributed by atoms with Crippen molar-refractivity contribution >= 4 is 23.2 Å². The predicted molar refractivity (Wildman–Crippen MR) is 110 cm³/mol. The van der Waals surface area contributed by atoms with Gasteiger partial charge in [0.05, 0.1) is 4.88 Å². The van der Waals surface area contributed by atoms with Crippen molar-refractivity contribution in [3.8, 4) is 16.3 Å². The number of ketones is 1. The Bertz CT molecular complexity index is 1060. The van der Waals surface area contributed by atoms with Crippen LogP contribution in [0.3, 0.4) is 0 Å². The number of thiophene rings is 1. The van der Waals surface area contributed by atoms with E-state index in [2.05, 4.69) is 5.16 Å². The molecule has 0 aliphatic rings. The lowest BCUT2D eigenvalue weighted by atomic mass is 10.1. The van der Waals surface area contributed by atoms with Crippen molar-refractivity contribution in [1.29, 1.82) is 0 Å². The van der Waals surface area contributed by atoms with Crippen molar-refractivity contribution in [2.24, 2.45) is 0 Å². The number of carbonyl (C=O) groups is 1. The monoisotopic (exact) mass is 387 g/mol. The predicted octanol–water partition coefficient (Wildman–Crippen LogP) is 5.88. The van der Waals surface area contributed by atoms with Gasteiger partial charge in [0.1, 0.15) is 18.1 Å². The van der Waals surface area contributed by atoms with Gasteiger partial charge in [0.2, 0.25) is 0 Å². The molecular formula is C23H17NO3S. The van der Waals surface area contributed by atoms with Crippen LogP contribution in [0.1, 0.15) is 21.7 Å². The lowest BCUT2D eigenvalue weighted by Crippen LogP contribution is -1.96. The molecule has 0 saturated heterocycles. The van der Waals surface area contributed by atoms with Gasteiger partial charge in [-0.1, -0.05) is 47.6 Å². The quantitative estimate of drug-likeness (QED) is 0.294. The maximum absolute atomic E-state index is 12.3. The SMILES string of the molecule is O=C(C=Cc1ccccc1)c1ccc(OCc2cc(-c3cccs3)no2)cc1. The highest BCUT2D eigenvalue weighted by atomic mass is 32.1. The maximum atomic E-state index is 12.3. The Labute approximate surface area is 166 Å². The van der Waals surface area contributed by atoms with Crippen LogP contribution in [0.25, 0.3) is 16.6 Å². The Balaban J connectivity index is 1.34. The van der Waals surface area contributed by atoms with E-state index in [1.807, 2.05) is 60.0 Å². The summed E-state index contributed by atoms with van der Waals surface area (Å²) in [5, 5.41) is 6.05. The highest BCUT2D eigenvalue weighted by Crippen LogP contribution is 2.24. The molecule has 0 aliphatic carbocycles. The first-order valence-electron chi connectivity index (χ1n) is 8.78. The standard InChI is InChI=1S/C23H17NO3S/c25-22(13-8-17-5-2-1-3-6-17)18-9-11-19(12-10-18)26-16-20-15-21(24-27-20)23-7-4-14-28-23/h1-15H,16H2. The number of ether oxygens (including phenoxy) is 1. The molecule has 4 rings (SSSR count). The number of allylic oxidation sites excluding steroid dienone is 1. The Morgan fingerprint density at radius 1 is 1.04 bits per heavy atom. The number of hydrogen-bond acceptors (Lipinski definition) is 5. The first-order valence-corrected chi connectivity index (χ1v) is 9.66. The summed E-state index contributed by atoms with van der Waals surface area (Å²) in [4.78, 5) is 13.3. The molecule has 5 heteroatoms. The first-order chi connectivity index (χ1) is 13.8. The van der Waals surface area contributed by atoms with Gasteiger partial charge < -0.3 is 9.26 Å². The fourth-order valence-corrected chi connectivity index (χ4v) is 3.30. The lowest BCUT2D eigenvalue weighted by Gasteiger charge is -2.04. The van der Waals surface area contributed by atoms with E-state index in [4.69, 9.17) is 9.26 Å². The van der Waals surface area contributed by atoms with Gasteiger partial charge in [0.25, 0.3) is 0 Å². The minimum Gasteiger partial charge on any atom is -0.486 e. The summed E-state index contributed by atoms with van der Waals surface area (Å²) in [6, 6.07) is 22.6. The van der Waals surface area contributed by atoms with Crippen LogP contribution in [0.2, 0.25) is 0 Å². The van der Waals surface area contributed by atoms with E-state index < -0.39 is 0 Å². The Morgan fingerprint density at radius 2 is 1.86 bits per heavy atom. The smallest absolute Gasteiger partial charge is 0.185 e. The Morgan fingerprint density at radius 3 is 2.61 bits per heavy atom. The molecule has 0 bridgehead atoms. The van der Waals surface area contributed by atoms with E-state index >= 15 is 0 Å². The second-order valence-corrected chi connectivity index (χ2v) is 7.02. The molecule has 0 atom stereocenters. The molecule has 4 aromatic rings. The average Bonchev–Trinajstić information content (AvgIpc) is 3.43. The molecule has 28 heavy (non-hydrogen) atoms. The summed E-state index contributed by atoms with van der Waals surface area (Å²) in [6.45, 7) is 0.277. The highest BCUT2D eigenvalue weighted by Gasteiger charge is 2.08. The lowest BCUT2D eigenvalue weighted by molar-refractivity contribution is 0.104. The molecule has 0 spiro atoms. The zero-order valence-corrected chi connectivity index (χ0v) is 15.8. The Kier molecular flexibility index (Phi) is 5.45. The van der Waals surface area contributed by atoms with Crippen LogP contribution in [-0.4, -0.2) is 10.9 Å². The van der Waals surface area contributed by atoms with E-state index in [-0.39, 0.29) is 12.4 Å². The van der Waals surface area contributed by atoms with Crippen LogP contribution in [-0.2, 0) is 6.61 Å². The average molecular weight is 387 g/mol. The highest BCUT2D eigenvalue weighted by molar-refractivity contribution is 7.13. The third-order valence-electron chi connectivity index (χ3n) is 4.08. The summed E-state index contributed by atoms with van der Waals surface area (Å²) in [5.41, 5.74) is 2.41. The largest absolute Gasteiger partial charge is 0.486 e. The molecule has 138 valence electrons. The molecule has 0 N–H and O–H groups in total. The van der Waals surface area contributed by atoms with Crippen molar-refractivity contribution in [3.63, 3.8) is 0 Å². The summed E-state index contributed by atoms with van der Waals surface area (Å²) in [5.74, 6) is 1.26. The summed E-state index contributed by atoms with van der Waals surface area (Å²) in [7, 11) is 0. The summed E-state index contributed by atoms with van der Waals surface area (Å²) in [6.07, 6.45) is 3.38. The maximum Gasteiger partial charge on any atom is 0.185 e.